The fourth-order valence-electron chi connectivity index (χ4n) is 1.62. The zero-order chi connectivity index (χ0) is 18.3. The van der Waals surface area contributed by atoms with Gasteiger partial charge in [0, 0.05) is 25.4 Å². The summed E-state index contributed by atoms with van der Waals surface area (Å²) in [4.78, 5) is 22.9. The molecule has 25 heavy (non-hydrogen) atoms. The van der Waals surface area contributed by atoms with Crippen LogP contribution in [0.15, 0.2) is 72.8 Å². The van der Waals surface area contributed by atoms with Gasteiger partial charge in [0.25, 0.3) is 0 Å². The highest BCUT2D eigenvalue weighted by Crippen LogP contribution is 2.10. The summed E-state index contributed by atoms with van der Waals surface area (Å²) in [5.41, 5.74) is 0. The summed E-state index contributed by atoms with van der Waals surface area (Å²) in [6.07, 6.45) is 2.05. The van der Waals surface area contributed by atoms with Crippen molar-refractivity contribution in [1.82, 2.24) is 0 Å². The van der Waals surface area contributed by atoms with Gasteiger partial charge in [0.15, 0.2) is 0 Å². The Bertz CT molecular complexity index is 593. The number of benzene rings is 2. The second kappa shape index (κ2) is 12.5. The van der Waals surface area contributed by atoms with Gasteiger partial charge in [-0.2, -0.15) is 0 Å². The second-order valence-electron chi connectivity index (χ2n) is 4.58. The van der Waals surface area contributed by atoms with Crippen LogP contribution in [-0.4, -0.2) is 25.2 Å². The summed E-state index contributed by atoms with van der Waals surface area (Å²) in [6, 6.07) is 17.2. The molecular weight excluding hydrogens is 320 g/mol. The Hall–Kier alpha value is -2.92. The molecule has 0 aliphatic rings. The van der Waals surface area contributed by atoms with Gasteiger partial charge in [0.05, 0.1) is 0 Å². The van der Waals surface area contributed by atoms with Crippen molar-refractivity contribution >= 4 is 11.9 Å². The maximum Gasteiger partial charge on any atom is 0.336 e. The van der Waals surface area contributed by atoms with Crippen LogP contribution in [0.25, 0.3) is 0 Å². The van der Waals surface area contributed by atoms with E-state index < -0.39 is 11.9 Å². The van der Waals surface area contributed by atoms with Crippen LogP contribution >= 0.6 is 0 Å². The lowest BCUT2D eigenvalue weighted by atomic mass is 10.3. The molecule has 0 aliphatic carbocycles. The molecule has 2 aromatic rings. The van der Waals surface area contributed by atoms with E-state index in [9.17, 15) is 9.59 Å². The Morgan fingerprint density at radius 2 is 1.08 bits per heavy atom. The van der Waals surface area contributed by atoms with Crippen molar-refractivity contribution < 1.29 is 23.8 Å². The molecule has 132 valence electrons. The zero-order valence-electron chi connectivity index (χ0n) is 14.4. The standard InChI is InChI=1S/C16H12O4.C4H10O/c17-15(19-13-7-3-1-4-8-13)11-12-16(18)20-14-9-5-2-6-10-14;1-3-5-4-2/h1-12H;3-4H2,1-2H3/b12-11+;. The molecule has 0 spiro atoms. The van der Waals surface area contributed by atoms with Gasteiger partial charge in [0.1, 0.15) is 11.5 Å². The number of hydrogen-bond donors (Lipinski definition) is 0. The predicted molar refractivity (Wildman–Crippen MR) is 95.5 cm³/mol. The zero-order valence-corrected chi connectivity index (χ0v) is 14.4. The van der Waals surface area contributed by atoms with Crippen LogP contribution < -0.4 is 9.47 Å². The van der Waals surface area contributed by atoms with Crippen molar-refractivity contribution in [3.05, 3.63) is 72.8 Å². The van der Waals surface area contributed by atoms with Crippen LogP contribution in [0.4, 0.5) is 0 Å². The molecule has 0 unspecified atom stereocenters. The summed E-state index contributed by atoms with van der Waals surface area (Å²) in [5, 5.41) is 0. The van der Waals surface area contributed by atoms with Gasteiger partial charge >= 0.3 is 11.9 Å². The van der Waals surface area contributed by atoms with E-state index >= 15 is 0 Å². The van der Waals surface area contributed by atoms with Gasteiger partial charge in [-0.25, -0.2) is 9.59 Å². The average molecular weight is 342 g/mol. The van der Waals surface area contributed by atoms with E-state index in [0.29, 0.717) is 11.5 Å². The molecule has 0 heterocycles. The van der Waals surface area contributed by atoms with Gasteiger partial charge in [-0.05, 0) is 38.1 Å². The monoisotopic (exact) mass is 342 g/mol. The van der Waals surface area contributed by atoms with E-state index in [1.807, 2.05) is 26.0 Å². The molecule has 0 saturated heterocycles. The molecule has 0 aliphatic heterocycles. The lowest BCUT2D eigenvalue weighted by molar-refractivity contribution is -0.131. The topological polar surface area (TPSA) is 61.8 Å². The Morgan fingerprint density at radius 3 is 1.36 bits per heavy atom. The minimum atomic E-state index is -0.638. The first-order chi connectivity index (χ1) is 12.2. The van der Waals surface area contributed by atoms with E-state index in [1.54, 1.807) is 48.5 Å². The fraction of sp³-hybridized carbons (Fsp3) is 0.200. The minimum absolute atomic E-state index is 0.415. The molecule has 0 aromatic heterocycles. The number of esters is 2. The number of rotatable bonds is 6. The molecule has 2 rings (SSSR count). The lowest BCUT2D eigenvalue weighted by Gasteiger charge is -2.01. The van der Waals surface area contributed by atoms with Crippen LogP contribution in [-0.2, 0) is 14.3 Å². The number of carbonyl (C=O) groups is 2. The van der Waals surface area contributed by atoms with Crippen molar-refractivity contribution in [1.29, 1.82) is 0 Å². The summed E-state index contributed by atoms with van der Waals surface area (Å²) in [6.45, 7) is 5.67. The summed E-state index contributed by atoms with van der Waals surface area (Å²) < 4.78 is 14.8. The number of carbonyl (C=O) groups excluding carboxylic acids is 2. The van der Waals surface area contributed by atoms with Crippen LogP contribution in [0, 0.1) is 0 Å². The van der Waals surface area contributed by atoms with Crippen LogP contribution in [0.2, 0.25) is 0 Å². The molecule has 0 saturated carbocycles. The van der Waals surface area contributed by atoms with Crippen molar-refractivity contribution in [3.8, 4) is 11.5 Å². The first kappa shape index (κ1) is 20.1. The summed E-state index contributed by atoms with van der Waals surface area (Å²) in [5.74, 6) is -0.445. The SMILES string of the molecule is CCOCC.O=C(/C=C/C(=O)Oc1ccccc1)Oc1ccccc1. The van der Waals surface area contributed by atoms with Crippen molar-refractivity contribution in [3.63, 3.8) is 0 Å². The van der Waals surface area contributed by atoms with Crippen molar-refractivity contribution in [2.45, 2.75) is 13.8 Å². The molecule has 0 bridgehead atoms. The summed E-state index contributed by atoms with van der Waals surface area (Å²) in [7, 11) is 0. The maximum absolute atomic E-state index is 11.5. The highest BCUT2D eigenvalue weighted by atomic mass is 16.5. The molecule has 5 heteroatoms. The van der Waals surface area contributed by atoms with Crippen molar-refractivity contribution in [2.75, 3.05) is 13.2 Å². The minimum Gasteiger partial charge on any atom is -0.423 e. The van der Waals surface area contributed by atoms with Gasteiger partial charge in [-0.3, -0.25) is 0 Å². The highest BCUT2D eigenvalue weighted by molar-refractivity contribution is 5.93. The molecule has 0 amide bonds. The second-order valence-corrected chi connectivity index (χ2v) is 4.58. The maximum atomic E-state index is 11.5. The van der Waals surface area contributed by atoms with Crippen LogP contribution in [0.5, 0.6) is 11.5 Å². The third-order valence-corrected chi connectivity index (χ3v) is 2.69. The number of hydrogen-bond acceptors (Lipinski definition) is 5. The Balaban J connectivity index is 0.000000550. The summed E-state index contributed by atoms with van der Waals surface area (Å²) >= 11 is 0. The third-order valence-electron chi connectivity index (χ3n) is 2.69. The first-order valence-corrected chi connectivity index (χ1v) is 7.95. The van der Waals surface area contributed by atoms with E-state index in [2.05, 4.69) is 0 Å². The molecule has 5 nitrogen and oxygen atoms in total. The smallest absolute Gasteiger partial charge is 0.336 e. The van der Waals surface area contributed by atoms with Gasteiger partial charge in [-0.15, -0.1) is 0 Å². The van der Waals surface area contributed by atoms with Gasteiger partial charge in [-0.1, -0.05) is 36.4 Å². The van der Waals surface area contributed by atoms with E-state index in [4.69, 9.17) is 14.2 Å². The lowest BCUT2D eigenvalue weighted by Crippen LogP contribution is -2.08. The quantitative estimate of drug-likeness (QED) is 0.454. The van der Waals surface area contributed by atoms with Gasteiger partial charge < -0.3 is 14.2 Å². The van der Waals surface area contributed by atoms with Crippen LogP contribution in [0.3, 0.4) is 0 Å². The number of ether oxygens (including phenoxy) is 3. The normalized spacial score (nSPS) is 9.84. The average Bonchev–Trinajstić information content (AvgIpc) is 2.63. The molecular formula is C20H22O5. The first-order valence-electron chi connectivity index (χ1n) is 7.95. The van der Waals surface area contributed by atoms with E-state index in [-0.39, 0.29) is 0 Å². The molecule has 0 radical (unpaired) electrons. The number of para-hydroxylation sites is 2. The van der Waals surface area contributed by atoms with E-state index in [0.717, 1.165) is 25.4 Å². The van der Waals surface area contributed by atoms with Crippen molar-refractivity contribution in [2.24, 2.45) is 0 Å². The molecule has 0 atom stereocenters. The Labute approximate surface area is 147 Å². The third kappa shape index (κ3) is 9.73. The van der Waals surface area contributed by atoms with E-state index in [1.165, 1.54) is 0 Å². The van der Waals surface area contributed by atoms with Crippen LogP contribution in [0.1, 0.15) is 13.8 Å². The molecule has 0 fully saturated rings. The molecule has 2 aromatic carbocycles. The largest absolute Gasteiger partial charge is 0.423 e. The highest BCUT2D eigenvalue weighted by Gasteiger charge is 2.03. The Kier molecular flexibility index (Phi) is 10.1. The predicted octanol–water partition coefficient (Wildman–Crippen LogP) is 3.80. The molecule has 0 N–H and O–H groups in total. The Morgan fingerprint density at radius 1 is 0.720 bits per heavy atom. The fourth-order valence-corrected chi connectivity index (χ4v) is 1.62. The van der Waals surface area contributed by atoms with Gasteiger partial charge in [0.2, 0.25) is 0 Å².